The number of hydrazine groups is 1. The van der Waals surface area contributed by atoms with Crippen molar-refractivity contribution in [3.8, 4) is 0 Å². The van der Waals surface area contributed by atoms with Crippen molar-refractivity contribution in [1.82, 2.24) is 10.3 Å². The molecule has 0 fully saturated rings. The van der Waals surface area contributed by atoms with E-state index in [1.165, 1.54) is 0 Å². The van der Waals surface area contributed by atoms with Gasteiger partial charge in [0.25, 0.3) is 0 Å². The fourth-order valence-corrected chi connectivity index (χ4v) is 2.80. The summed E-state index contributed by atoms with van der Waals surface area (Å²) in [6, 6.07) is 0.270. The third-order valence-electron chi connectivity index (χ3n) is 4.74. The van der Waals surface area contributed by atoms with E-state index in [9.17, 15) is 0 Å². The van der Waals surface area contributed by atoms with Crippen LogP contribution >= 0.6 is 0 Å². The summed E-state index contributed by atoms with van der Waals surface area (Å²) in [7, 11) is 1.77. The molecule has 2 atom stereocenters. The molecule has 2 unspecified atom stereocenters. The molecule has 0 amide bonds. The predicted octanol–water partition coefficient (Wildman–Crippen LogP) is 2.53. The number of nitrogens with one attached hydrogen (secondary N) is 1. The fraction of sp³-hybridized carbons (Fsp3) is 1.00. The molecule has 0 heterocycles. The number of hydrogen-bond donors (Lipinski definition) is 2. The van der Waals surface area contributed by atoms with Crippen LogP contribution in [-0.4, -0.2) is 42.3 Å². The van der Waals surface area contributed by atoms with Crippen LogP contribution in [0.4, 0.5) is 0 Å². The van der Waals surface area contributed by atoms with E-state index in [-0.39, 0.29) is 17.2 Å². The Kier molecular flexibility index (Phi) is 8.13. The first-order valence-corrected chi connectivity index (χ1v) is 7.57. The van der Waals surface area contributed by atoms with Gasteiger partial charge in [0.1, 0.15) is 0 Å². The zero-order valence-electron chi connectivity index (χ0n) is 14.0. The number of nitrogens with two attached hydrogens (primary N) is 1. The molecule has 4 nitrogen and oxygen atoms in total. The van der Waals surface area contributed by atoms with Gasteiger partial charge in [0.05, 0.1) is 5.60 Å². The maximum atomic E-state index is 5.83. The van der Waals surface area contributed by atoms with Gasteiger partial charge in [-0.3, -0.25) is 16.2 Å². The molecule has 0 aliphatic rings. The first-order chi connectivity index (χ1) is 8.81. The molecule has 0 rings (SSSR count). The molecule has 116 valence electrons. The molecule has 0 aliphatic heterocycles. The number of nitrogens with zero attached hydrogens (tertiary/aromatic N) is 1. The zero-order chi connectivity index (χ0) is 15.1. The predicted molar refractivity (Wildman–Crippen MR) is 83.1 cm³/mol. The highest BCUT2D eigenvalue weighted by Gasteiger charge is 2.37. The van der Waals surface area contributed by atoms with Gasteiger partial charge in [-0.2, -0.15) is 0 Å². The summed E-state index contributed by atoms with van der Waals surface area (Å²) in [4.78, 5) is 2.50. The van der Waals surface area contributed by atoms with Crippen molar-refractivity contribution < 1.29 is 4.74 Å². The normalized spacial score (nSPS) is 17.5. The van der Waals surface area contributed by atoms with Gasteiger partial charge in [-0.25, -0.2) is 0 Å². The van der Waals surface area contributed by atoms with E-state index in [0.29, 0.717) is 0 Å². The van der Waals surface area contributed by atoms with E-state index in [2.05, 4.69) is 51.9 Å². The van der Waals surface area contributed by atoms with Gasteiger partial charge in [-0.05, 0) is 53.1 Å². The van der Waals surface area contributed by atoms with Crippen molar-refractivity contribution >= 4 is 0 Å². The Morgan fingerprint density at radius 2 is 1.68 bits per heavy atom. The standard InChI is InChI=1S/C15H35N3O/c1-8-15(6,18(9-2)10-3)13(17-16)11-12-14(4,5)19-7/h13,17H,8-12,16H2,1-7H3. The van der Waals surface area contributed by atoms with E-state index in [1.54, 1.807) is 7.11 Å². The second-order valence-electron chi connectivity index (χ2n) is 6.10. The zero-order valence-corrected chi connectivity index (χ0v) is 14.0. The van der Waals surface area contributed by atoms with E-state index >= 15 is 0 Å². The number of ether oxygens (including phenoxy) is 1. The summed E-state index contributed by atoms with van der Waals surface area (Å²) < 4.78 is 5.51. The van der Waals surface area contributed by atoms with Gasteiger partial charge in [-0.15, -0.1) is 0 Å². The third kappa shape index (κ3) is 5.03. The largest absolute Gasteiger partial charge is 0.379 e. The second-order valence-corrected chi connectivity index (χ2v) is 6.10. The summed E-state index contributed by atoms with van der Waals surface area (Å²) in [6.45, 7) is 15.3. The maximum Gasteiger partial charge on any atom is 0.0623 e. The molecule has 0 saturated carbocycles. The Bertz CT molecular complexity index is 242. The van der Waals surface area contributed by atoms with Crippen molar-refractivity contribution in [1.29, 1.82) is 0 Å². The monoisotopic (exact) mass is 273 g/mol. The highest BCUT2D eigenvalue weighted by molar-refractivity contribution is 4.95. The van der Waals surface area contributed by atoms with E-state index < -0.39 is 0 Å². The molecule has 0 aromatic heterocycles. The number of rotatable bonds is 10. The highest BCUT2D eigenvalue weighted by atomic mass is 16.5. The molecule has 0 spiro atoms. The van der Waals surface area contributed by atoms with Crippen LogP contribution in [0, 0.1) is 0 Å². The molecule has 0 aliphatic carbocycles. The summed E-state index contributed by atoms with van der Waals surface area (Å²) in [5, 5.41) is 0. The molecular formula is C15H35N3O. The van der Waals surface area contributed by atoms with Crippen LogP contribution in [-0.2, 0) is 4.74 Å². The lowest BCUT2D eigenvalue weighted by Crippen LogP contribution is -2.61. The molecule has 3 N–H and O–H groups in total. The van der Waals surface area contributed by atoms with E-state index in [0.717, 1.165) is 32.4 Å². The van der Waals surface area contributed by atoms with E-state index in [1.807, 2.05) is 0 Å². The first kappa shape index (κ1) is 18.8. The van der Waals surface area contributed by atoms with Gasteiger partial charge in [0.15, 0.2) is 0 Å². The number of methoxy groups -OCH3 is 1. The molecular weight excluding hydrogens is 238 g/mol. The minimum atomic E-state index is -0.0903. The minimum Gasteiger partial charge on any atom is -0.379 e. The minimum absolute atomic E-state index is 0.0854. The molecule has 0 radical (unpaired) electrons. The summed E-state index contributed by atoms with van der Waals surface area (Å²) in [5.74, 6) is 5.83. The Hall–Kier alpha value is -0.160. The lowest BCUT2D eigenvalue weighted by Gasteiger charge is -2.46. The van der Waals surface area contributed by atoms with Gasteiger partial charge in [-0.1, -0.05) is 20.8 Å². The smallest absolute Gasteiger partial charge is 0.0623 e. The molecule has 0 aromatic carbocycles. The summed E-state index contributed by atoms with van der Waals surface area (Å²) in [6.07, 6.45) is 3.09. The highest BCUT2D eigenvalue weighted by Crippen LogP contribution is 2.28. The van der Waals surface area contributed by atoms with Crippen LogP contribution in [0.5, 0.6) is 0 Å². The summed E-state index contributed by atoms with van der Waals surface area (Å²) in [5.41, 5.74) is 3.04. The Morgan fingerprint density at radius 3 is 2.00 bits per heavy atom. The van der Waals surface area contributed by atoms with Crippen LogP contribution in [0.25, 0.3) is 0 Å². The SMILES string of the molecule is CCN(CC)C(C)(CC)C(CCC(C)(C)OC)NN. The van der Waals surface area contributed by atoms with Gasteiger partial charge in [0, 0.05) is 18.7 Å². The van der Waals surface area contributed by atoms with Gasteiger partial charge < -0.3 is 4.74 Å². The number of hydrogen-bond acceptors (Lipinski definition) is 4. The Labute approximate surface area is 120 Å². The molecule has 4 heteroatoms. The van der Waals surface area contributed by atoms with Crippen molar-refractivity contribution in [2.45, 2.75) is 78.0 Å². The van der Waals surface area contributed by atoms with Crippen LogP contribution in [0.3, 0.4) is 0 Å². The average molecular weight is 273 g/mol. The van der Waals surface area contributed by atoms with Crippen LogP contribution in [0.15, 0.2) is 0 Å². The lowest BCUT2D eigenvalue weighted by atomic mass is 9.83. The molecule has 19 heavy (non-hydrogen) atoms. The second kappa shape index (κ2) is 8.20. The van der Waals surface area contributed by atoms with E-state index in [4.69, 9.17) is 10.6 Å². The van der Waals surface area contributed by atoms with Gasteiger partial charge >= 0.3 is 0 Å². The molecule has 0 saturated heterocycles. The Balaban J connectivity index is 4.87. The fourth-order valence-electron chi connectivity index (χ4n) is 2.80. The number of likely N-dealkylation sites (N-methyl/N-ethyl adjacent to an activating group) is 1. The topological polar surface area (TPSA) is 50.5 Å². The van der Waals surface area contributed by atoms with Crippen LogP contribution in [0.1, 0.15) is 60.8 Å². The average Bonchev–Trinajstić information content (AvgIpc) is 2.40. The molecule has 0 aromatic rings. The quantitative estimate of drug-likeness (QED) is 0.474. The van der Waals surface area contributed by atoms with Crippen LogP contribution < -0.4 is 11.3 Å². The molecule has 0 bridgehead atoms. The van der Waals surface area contributed by atoms with Crippen molar-refractivity contribution in [3.05, 3.63) is 0 Å². The first-order valence-electron chi connectivity index (χ1n) is 7.57. The third-order valence-corrected chi connectivity index (χ3v) is 4.74. The Morgan fingerprint density at radius 1 is 1.16 bits per heavy atom. The van der Waals surface area contributed by atoms with Crippen LogP contribution in [0.2, 0.25) is 0 Å². The van der Waals surface area contributed by atoms with Gasteiger partial charge in [0.2, 0.25) is 0 Å². The lowest BCUT2D eigenvalue weighted by molar-refractivity contribution is 0.000881. The van der Waals surface area contributed by atoms with Crippen molar-refractivity contribution in [2.75, 3.05) is 20.2 Å². The van der Waals surface area contributed by atoms with Crippen molar-refractivity contribution in [2.24, 2.45) is 5.84 Å². The maximum absolute atomic E-state index is 5.83. The van der Waals surface area contributed by atoms with Crippen molar-refractivity contribution in [3.63, 3.8) is 0 Å². The summed E-state index contributed by atoms with van der Waals surface area (Å²) >= 11 is 0.